The molecular formula is C30H35NO11. The van der Waals surface area contributed by atoms with Crippen LogP contribution in [0.2, 0.25) is 0 Å². The van der Waals surface area contributed by atoms with E-state index in [1.807, 2.05) is 19.0 Å². The largest absolute Gasteiger partial charge is 0.507 e. The van der Waals surface area contributed by atoms with Crippen LogP contribution in [0.5, 0.6) is 17.2 Å². The Morgan fingerprint density at radius 1 is 1.10 bits per heavy atom. The van der Waals surface area contributed by atoms with Crippen molar-refractivity contribution in [1.29, 1.82) is 0 Å². The van der Waals surface area contributed by atoms with Crippen molar-refractivity contribution in [3.63, 3.8) is 0 Å². The molecule has 0 radical (unpaired) electrons. The Hall–Kier alpha value is -3.55. The van der Waals surface area contributed by atoms with Gasteiger partial charge >= 0.3 is 5.97 Å². The van der Waals surface area contributed by atoms with Gasteiger partial charge in [-0.1, -0.05) is 6.92 Å². The maximum atomic E-state index is 13.7. The number of rotatable bonds is 5. The summed E-state index contributed by atoms with van der Waals surface area (Å²) in [6, 6.07) is 3.05. The normalized spacial score (nSPS) is 30.5. The van der Waals surface area contributed by atoms with E-state index in [0.29, 0.717) is 0 Å². The molecule has 1 aliphatic heterocycles. The highest BCUT2D eigenvalue weighted by molar-refractivity contribution is 6.31. The second-order valence-electron chi connectivity index (χ2n) is 11.4. The Bertz CT molecular complexity index is 1470. The first-order valence-electron chi connectivity index (χ1n) is 13.7. The second kappa shape index (κ2) is 10.6. The average Bonchev–Trinajstić information content (AvgIpc) is 2.93. The van der Waals surface area contributed by atoms with Crippen LogP contribution in [0.3, 0.4) is 0 Å². The van der Waals surface area contributed by atoms with Gasteiger partial charge in [0.2, 0.25) is 5.78 Å². The molecule has 0 bridgehead atoms. The summed E-state index contributed by atoms with van der Waals surface area (Å²) in [5.41, 5.74) is -3.36. The van der Waals surface area contributed by atoms with E-state index in [0.717, 1.165) is 19.2 Å². The third-order valence-corrected chi connectivity index (χ3v) is 8.87. The third kappa shape index (κ3) is 4.45. The van der Waals surface area contributed by atoms with Crippen LogP contribution < -0.4 is 0 Å². The molecule has 7 atom stereocenters. The Morgan fingerprint density at radius 3 is 2.29 bits per heavy atom. The first-order chi connectivity index (χ1) is 19.7. The summed E-state index contributed by atoms with van der Waals surface area (Å²) in [6.45, 7) is 3.36. The maximum Gasteiger partial charge on any atom is 0.316 e. The van der Waals surface area contributed by atoms with E-state index >= 15 is 0 Å². The fourth-order valence-electron chi connectivity index (χ4n) is 6.56. The van der Waals surface area contributed by atoms with E-state index < -0.39 is 87.6 Å². The molecule has 1 fully saturated rings. The number of benzene rings is 2. The molecule has 2 aliphatic carbocycles. The molecule has 0 spiro atoms. The van der Waals surface area contributed by atoms with Crippen LogP contribution in [0, 0.1) is 0 Å². The lowest BCUT2D eigenvalue weighted by molar-refractivity contribution is -0.258. The van der Waals surface area contributed by atoms with Crippen molar-refractivity contribution in [2.24, 2.45) is 0 Å². The van der Waals surface area contributed by atoms with Crippen molar-refractivity contribution in [3.05, 3.63) is 51.6 Å². The molecule has 2 aromatic rings. The molecule has 3 aliphatic rings. The number of nitrogens with zero attached hydrogens (tertiary/aromatic N) is 1. The molecule has 0 aromatic heterocycles. The van der Waals surface area contributed by atoms with E-state index in [1.54, 1.807) is 13.8 Å². The summed E-state index contributed by atoms with van der Waals surface area (Å²) in [6.07, 6.45) is -3.34. The van der Waals surface area contributed by atoms with Crippen molar-refractivity contribution >= 4 is 17.5 Å². The lowest BCUT2D eigenvalue weighted by atomic mass is 9.67. The fourth-order valence-corrected chi connectivity index (χ4v) is 6.56. The summed E-state index contributed by atoms with van der Waals surface area (Å²) in [4.78, 5) is 42.2. The average molecular weight is 586 g/mol. The number of ketones is 2. The van der Waals surface area contributed by atoms with E-state index in [-0.39, 0.29) is 42.0 Å². The van der Waals surface area contributed by atoms with Gasteiger partial charge in [-0.3, -0.25) is 14.4 Å². The van der Waals surface area contributed by atoms with E-state index in [9.17, 15) is 39.9 Å². The van der Waals surface area contributed by atoms with Gasteiger partial charge in [0.1, 0.15) is 23.2 Å². The number of likely N-dealkylation sites (N-methyl/N-ethyl adjacent to an activating group) is 1. The molecule has 5 rings (SSSR count). The van der Waals surface area contributed by atoms with Crippen molar-refractivity contribution in [2.75, 3.05) is 21.2 Å². The molecule has 5 N–H and O–H groups in total. The van der Waals surface area contributed by atoms with Gasteiger partial charge in [-0.25, -0.2) is 0 Å². The van der Waals surface area contributed by atoms with Crippen LogP contribution in [0.4, 0.5) is 0 Å². The molecule has 1 saturated heterocycles. The fraction of sp³-hybridized carbons (Fsp3) is 0.500. The van der Waals surface area contributed by atoms with Gasteiger partial charge in [-0.2, -0.15) is 0 Å². The molecule has 0 amide bonds. The van der Waals surface area contributed by atoms with Crippen molar-refractivity contribution < 1.29 is 54.1 Å². The van der Waals surface area contributed by atoms with E-state index in [4.69, 9.17) is 14.2 Å². The standard InChI is InChI=1S/C30H35NO11/c1-6-30(39)11-18(42-19-10-15(31(3)4)25(34)12(2)41-19)20-13(24(30)29(38)40-5)9-14-21(27(20)36)28(37)23-17(33)8-7-16(32)22(23)26(14)35/h7-9,12,15,18-19,24-25,32-34,36,39H,6,10-11H2,1-5H3/t12-,15-,18-,19+,24+,25+,30+/m0/s1. The van der Waals surface area contributed by atoms with Gasteiger partial charge in [-0.15, -0.1) is 0 Å². The summed E-state index contributed by atoms with van der Waals surface area (Å²) >= 11 is 0. The zero-order valence-electron chi connectivity index (χ0n) is 24.0. The SMILES string of the molecule is CC[C@@]1(O)C[C@H](O[C@@H]2C[C@H](N(C)C)[C@H](O)[C@H](C)O2)c2c(cc3c(c2O)C(=O)c2c(O)ccc(O)c2C3=O)[C@@H]1C(=O)OC. The first-order valence-corrected chi connectivity index (χ1v) is 13.7. The number of aromatic hydroxyl groups is 3. The monoisotopic (exact) mass is 585 g/mol. The number of esters is 1. The highest BCUT2D eigenvalue weighted by atomic mass is 16.7. The summed E-state index contributed by atoms with van der Waals surface area (Å²) in [7, 11) is 4.76. The van der Waals surface area contributed by atoms with Gasteiger partial charge in [0.05, 0.1) is 47.7 Å². The Kier molecular flexibility index (Phi) is 7.57. The van der Waals surface area contributed by atoms with Crippen LogP contribution in [0.15, 0.2) is 18.2 Å². The van der Waals surface area contributed by atoms with Gasteiger partial charge in [0.15, 0.2) is 12.1 Å². The predicted octanol–water partition coefficient (Wildman–Crippen LogP) is 1.86. The number of aliphatic hydroxyl groups is 2. The summed E-state index contributed by atoms with van der Waals surface area (Å²) in [5.74, 6) is -5.69. The molecular weight excluding hydrogens is 550 g/mol. The van der Waals surface area contributed by atoms with Crippen LogP contribution >= 0.6 is 0 Å². The number of fused-ring (bicyclic) bond motifs is 3. The topological polar surface area (TPSA) is 183 Å². The Morgan fingerprint density at radius 2 is 1.71 bits per heavy atom. The minimum atomic E-state index is -1.74. The molecule has 42 heavy (non-hydrogen) atoms. The maximum absolute atomic E-state index is 13.7. The summed E-state index contributed by atoms with van der Waals surface area (Å²) in [5, 5.41) is 54.9. The number of phenols is 3. The molecule has 0 saturated carbocycles. The smallest absolute Gasteiger partial charge is 0.316 e. The predicted molar refractivity (Wildman–Crippen MR) is 146 cm³/mol. The summed E-state index contributed by atoms with van der Waals surface area (Å²) < 4.78 is 17.3. The minimum absolute atomic E-state index is 0.00436. The Balaban J connectivity index is 1.70. The molecule has 0 unspecified atom stereocenters. The third-order valence-electron chi connectivity index (χ3n) is 8.87. The Labute approximate surface area is 242 Å². The number of hydrogen-bond acceptors (Lipinski definition) is 12. The lowest BCUT2D eigenvalue weighted by Crippen LogP contribution is -2.54. The van der Waals surface area contributed by atoms with Crippen LogP contribution in [-0.2, 0) is 19.0 Å². The van der Waals surface area contributed by atoms with Crippen LogP contribution in [0.1, 0.15) is 88.1 Å². The minimum Gasteiger partial charge on any atom is -0.507 e. The molecule has 1 heterocycles. The van der Waals surface area contributed by atoms with Gasteiger partial charge in [0.25, 0.3) is 0 Å². The zero-order valence-corrected chi connectivity index (χ0v) is 24.0. The highest BCUT2D eigenvalue weighted by Gasteiger charge is 2.53. The number of methoxy groups -OCH3 is 1. The number of hydrogen-bond donors (Lipinski definition) is 5. The quantitative estimate of drug-likeness (QED) is 0.217. The van der Waals surface area contributed by atoms with Gasteiger partial charge in [0, 0.05) is 30.0 Å². The van der Waals surface area contributed by atoms with Crippen molar-refractivity contribution in [1.82, 2.24) is 4.90 Å². The first kappa shape index (κ1) is 29.9. The van der Waals surface area contributed by atoms with Crippen molar-refractivity contribution in [2.45, 2.75) is 75.3 Å². The molecule has 2 aromatic carbocycles. The van der Waals surface area contributed by atoms with Gasteiger partial charge < -0.3 is 44.6 Å². The van der Waals surface area contributed by atoms with Crippen LogP contribution in [0.25, 0.3) is 0 Å². The number of carbonyl (C=O) groups excluding carboxylic acids is 3. The highest BCUT2D eigenvalue weighted by Crippen LogP contribution is 2.54. The van der Waals surface area contributed by atoms with E-state index in [1.165, 1.54) is 6.07 Å². The zero-order chi connectivity index (χ0) is 30.8. The number of phenolic OH excluding ortho intramolecular Hbond substituents is 3. The number of aliphatic hydroxyl groups excluding tert-OH is 1. The van der Waals surface area contributed by atoms with E-state index in [2.05, 4.69) is 0 Å². The molecule has 226 valence electrons. The van der Waals surface area contributed by atoms with Gasteiger partial charge in [-0.05, 0) is 51.2 Å². The molecule has 12 nitrogen and oxygen atoms in total. The van der Waals surface area contributed by atoms with Crippen LogP contribution in [-0.4, -0.2) is 99.3 Å². The van der Waals surface area contributed by atoms with Crippen molar-refractivity contribution in [3.8, 4) is 17.2 Å². The second-order valence-corrected chi connectivity index (χ2v) is 11.4. The molecule has 12 heteroatoms. The lowest BCUT2D eigenvalue weighted by Gasteiger charge is -2.46. The number of carbonyl (C=O) groups is 3. The number of ether oxygens (including phenoxy) is 3.